The Bertz CT molecular complexity index is 1070. The highest BCUT2D eigenvalue weighted by Crippen LogP contribution is 2.34. The third kappa shape index (κ3) is 5.52. The van der Waals surface area contributed by atoms with Crippen LogP contribution in [0.15, 0.2) is 29.6 Å². The number of hydrogen-bond acceptors (Lipinski definition) is 4. The van der Waals surface area contributed by atoms with Gasteiger partial charge in [0.1, 0.15) is 0 Å². The molecule has 0 radical (unpaired) electrons. The van der Waals surface area contributed by atoms with Gasteiger partial charge in [-0.1, -0.05) is 26.0 Å². The highest BCUT2D eigenvalue weighted by atomic mass is 32.1. The lowest BCUT2D eigenvalue weighted by Gasteiger charge is -2.13. The fraction of sp³-hybridized carbons (Fsp3) is 0.409. The number of nitrogens with one attached hydrogen (secondary N) is 1. The second kappa shape index (κ2) is 9.21. The van der Waals surface area contributed by atoms with Gasteiger partial charge in [0.15, 0.2) is 0 Å². The summed E-state index contributed by atoms with van der Waals surface area (Å²) in [6, 6.07) is 4.92. The fourth-order valence-electron chi connectivity index (χ4n) is 3.33. The molecular formula is C22H25F3N4OS. The first-order valence-corrected chi connectivity index (χ1v) is 10.9. The average molecular weight is 451 g/mol. The van der Waals surface area contributed by atoms with Gasteiger partial charge in [-0.15, -0.1) is 11.3 Å². The molecule has 1 amide bonds. The second-order valence-electron chi connectivity index (χ2n) is 7.88. The Morgan fingerprint density at radius 2 is 1.94 bits per heavy atom. The largest absolute Gasteiger partial charge is 0.418 e. The van der Waals surface area contributed by atoms with Gasteiger partial charge >= 0.3 is 6.18 Å². The molecular weight excluding hydrogens is 425 g/mol. The molecule has 0 spiro atoms. The van der Waals surface area contributed by atoms with Gasteiger partial charge < -0.3 is 5.32 Å². The van der Waals surface area contributed by atoms with Gasteiger partial charge in [0, 0.05) is 11.1 Å². The predicted molar refractivity (Wildman–Crippen MR) is 116 cm³/mol. The van der Waals surface area contributed by atoms with E-state index >= 15 is 0 Å². The first-order chi connectivity index (χ1) is 14.6. The molecule has 0 saturated carbocycles. The minimum Gasteiger partial charge on any atom is -0.325 e. The molecule has 31 heavy (non-hydrogen) atoms. The van der Waals surface area contributed by atoms with Crippen molar-refractivity contribution in [1.82, 2.24) is 14.8 Å². The van der Waals surface area contributed by atoms with Gasteiger partial charge in [-0.3, -0.25) is 4.79 Å². The highest BCUT2D eigenvalue weighted by Gasteiger charge is 2.33. The number of halogens is 3. The zero-order valence-electron chi connectivity index (χ0n) is 17.9. The lowest BCUT2D eigenvalue weighted by atomic mass is 10.0. The van der Waals surface area contributed by atoms with Crippen molar-refractivity contribution < 1.29 is 18.0 Å². The summed E-state index contributed by atoms with van der Waals surface area (Å²) < 4.78 is 41.1. The molecule has 0 atom stereocenters. The zero-order chi connectivity index (χ0) is 22.8. The van der Waals surface area contributed by atoms with Gasteiger partial charge in [0.25, 0.3) is 0 Å². The van der Waals surface area contributed by atoms with Crippen LogP contribution < -0.4 is 5.32 Å². The summed E-state index contributed by atoms with van der Waals surface area (Å²) in [7, 11) is 0. The van der Waals surface area contributed by atoms with Crippen LogP contribution in [0.5, 0.6) is 0 Å². The molecule has 166 valence electrons. The van der Waals surface area contributed by atoms with E-state index in [0.717, 1.165) is 30.3 Å². The zero-order valence-corrected chi connectivity index (χ0v) is 18.7. The lowest BCUT2D eigenvalue weighted by Crippen LogP contribution is -2.18. The Balaban J connectivity index is 1.73. The predicted octanol–water partition coefficient (Wildman–Crippen LogP) is 5.73. The molecule has 5 nitrogen and oxygen atoms in total. The number of alkyl halides is 3. The topological polar surface area (TPSA) is 59.8 Å². The van der Waals surface area contributed by atoms with Crippen LogP contribution in [-0.4, -0.2) is 20.7 Å². The van der Waals surface area contributed by atoms with Crippen molar-refractivity contribution in [1.29, 1.82) is 0 Å². The van der Waals surface area contributed by atoms with Crippen LogP contribution in [-0.2, 0) is 23.8 Å². The minimum absolute atomic E-state index is 0.123. The number of carbonyl (C=O) groups excluding carboxylic acids is 1. The number of amides is 1. The van der Waals surface area contributed by atoms with Crippen molar-refractivity contribution in [2.24, 2.45) is 5.92 Å². The summed E-state index contributed by atoms with van der Waals surface area (Å²) in [5.74, 6) is 0.0362. The van der Waals surface area contributed by atoms with Crippen molar-refractivity contribution in [2.75, 3.05) is 5.32 Å². The minimum atomic E-state index is -4.54. The van der Waals surface area contributed by atoms with E-state index < -0.39 is 17.6 Å². The van der Waals surface area contributed by atoms with Gasteiger partial charge in [0.05, 0.1) is 29.1 Å². The first kappa shape index (κ1) is 23.0. The summed E-state index contributed by atoms with van der Waals surface area (Å²) in [4.78, 5) is 16.8. The number of nitrogens with zero attached hydrogens (tertiary/aromatic N) is 3. The van der Waals surface area contributed by atoms with Crippen LogP contribution in [0.25, 0.3) is 5.13 Å². The summed E-state index contributed by atoms with van der Waals surface area (Å²) in [5, 5.41) is 9.31. The van der Waals surface area contributed by atoms with E-state index in [1.54, 1.807) is 10.1 Å². The van der Waals surface area contributed by atoms with E-state index in [9.17, 15) is 18.0 Å². The Hall–Kier alpha value is -2.68. The summed E-state index contributed by atoms with van der Waals surface area (Å²) in [6.07, 6.45) is -2.66. The Morgan fingerprint density at radius 1 is 1.23 bits per heavy atom. The number of para-hydroxylation sites is 1. The van der Waals surface area contributed by atoms with Crippen LogP contribution in [0.3, 0.4) is 0 Å². The molecule has 1 aromatic carbocycles. The number of aromatic nitrogens is 3. The van der Waals surface area contributed by atoms with E-state index in [1.165, 1.54) is 35.1 Å². The number of benzene rings is 1. The van der Waals surface area contributed by atoms with Crippen molar-refractivity contribution >= 4 is 22.9 Å². The Morgan fingerprint density at radius 3 is 2.61 bits per heavy atom. The van der Waals surface area contributed by atoms with Crippen molar-refractivity contribution in [3.05, 3.63) is 57.9 Å². The van der Waals surface area contributed by atoms with Crippen LogP contribution >= 0.6 is 11.3 Å². The van der Waals surface area contributed by atoms with Crippen LogP contribution in [0.4, 0.5) is 18.9 Å². The molecule has 2 aromatic heterocycles. The molecule has 0 aliphatic carbocycles. The Kier molecular flexibility index (Phi) is 6.83. The SMILES string of the molecule is Cc1nn(-c2nc(CC(=O)Nc3ccccc3C(F)(F)F)cs2)c(C)c1CCC(C)C. The Labute approximate surface area is 183 Å². The smallest absolute Gasteiger partial charge is 0.325 e. The molecule has 0 saturated heterocycles. The second-order valence-corrected chi connectivity index (χ2v) is 8.72. The third-order valence-corrected chi connectivity index (χ3v) is 5.85. The molecule has 0 fully saturated rings. The van der Waals surface area contributed by atoms with Crippen LogP contribution in [0.2, 0.25) is 0 Å². The standard InChI is InChI=1S/C22H25F3N4OS/c1-13(2)9-10-17-14(3)28-29(15(17)4)21-26-16(12-31-21)11-20(30)27-19-8-6-5-7-18(19)22(23,24)25/h5-8,12-13H,9-11H2,1-4H3,(H,27,30). The monoisotopic (exact) mass is 450 g/mol. The number of aryl methyl sites for hydroxylation is 1. The van der Waals surface area contributed by atoms with Gasteiger partial charge in [0.2, 0.25) is 11.0 Å². The van der Waals surface area contributed by atoms with Crippen molar-refractivity contribution in [2.45, 2.75) is 53.1 Å². The van der Waals surface area contributed by atoms with Crippen molar-refractivity contribution in [3.63, 3.8) is 0 Å². The van der Waals surface area contributed by atoms with Gasteiger partial charge in [-0.05, 0) is 50.3 Å². The number of anilines is 1. The quantitative estimate of drug-likeness (QED) is 0.500. The van der Waals surface area contributed by atoms with E-state index in [4.69, 9.17) is 0 Å². The molecule has 2 heterocycles. The van der Waals surface area contributed by atoms with E-state index in [1.807, 2.05) is 13.8 Å². The number of hydrogen-bond donors (Lipinski definition) is 1. The summed E-state index contributed by atoms with van der Waals surface area (Å²) >= 11 is 1.35. The highest BCUT2D eigenvalue weighted by molar-refractivity contribution is 7.12. The van der Waals surface area contributed by atoms with Gasteiger partial charge in [-0.2, -0.15) is 18.3 Å². The number of rotatable bonds is 7. The average Bonchev–Trinajstić information content (AvgIpc) is 3.23. The molecule has 3 aromatic rings. The number of thiazole rings is 1. The lowest BCUT2D eigenvalue weighted by molar-refractivity contribution is -0.137. The molecule has 0 bridgehead atoms. The van der Waals surface area contributed by atoms with E-state index in [2.05, 4.69) is 29.2 Å². The molecule has 0 aliphatic heterocycles. The number of carbonyl (C=O) groups is 1. The fourth-order valence-corrected chi connectivity index (χ4v) is 4.15. The van der Waals surface area contributed by atoms with Crippen LogP contribution in [0, 0.1) is 19.8 Å². The molecule has 9 heteroatoms. The summed E-state index contributed by atoms with van der Waals surface area (Å²) in [5.41, 5.74) is 2.52. The maximum absolute atomic E-state index is 13.1. The maximum Gasteiger partial charge on any atom is 0.418 e. The van der Waals surface area contributed by atoms with E-state index in [-0.39, 0.29) is 12.1 Å². The molecule has 0 unspecified atom stereocenters. The normalized spacial score (nSPS) is 11.9. The third-order valence-electron chi connectivity index (χ3n) is 4.98. The first-order valence-electron chi connectivity index (χ1n) is 10.0. The van der Waals surface area contributed by atoms with Crippen molar-refractivity contribution in [3.8, 4) is 5.13 Å². The maximum atomic E-state index is 13.1. The summed E-state index contributed by atoms with van der Waals surface area (Å²) in [6.45, 7) is 8.33. The molecule has 3 rings (SSSR count). The van der Waals surface area contributed by atoms with Gasteiger partial charge in [-0.25, -0.2) is 9.67 Å². The van der Waals surface area contributed by atoms with Crippen LogP contribution in [0.1, 0.15) is 48.5 Å². The molecule has 0 aliphatic rings. The van der Waals surface area contributed by atoms with E-state index in [0.29, 0.717) is 16.7 Å². The molecule has 1 N–H and O–H groups in total.